The van der Waals surface area contributed by atoms with E-state index in [0.29, 0.717) is 0 Å². The van der Waals surface area contributed by atoms with Crippen LogP contribution in [0.15, 0.2) is 83.2 Å². The standard InChI is InChI=1S/C24H36O2/c1-10-17(6)13-14-19(8)23(18(7)11-2)22(16(4)5)24(20(9)26)21(12-3)15-25/h10-11,13-14,21,24-26H,4,8-9,12,15H2,1-3,5-7H3/b14-13-,17-10-,18-11-,23-22-/t21-,24?/m0/s1. The Morgan fingerprint density at radius 2 is 1.58 bits per heavy atom. The molecule has 2 N–H and O–H groups in total. The number of allylic oxidation sites excluding steroid dienone is 10. The van der Waals surface area contributed by atoms with Crippen LogP contribution < -0.4 is 0 Å². The van der Waals surface area contributed by atoms with Gasteiger partial charge in [0, 0.05) is 12.5 Å². The zero-order valence-electron chi connectivity index (χ0n) is 17.4. The van der Waals surface area contributed by atoms with Gasteiger partial charge in [-0.25, -0.2) is 0 Å². The molecule has 0 aromatic heterocycles. The van der Waals surface area contributed by atoms with Crippen molar-refractivity contribution in [1.29, 1.82) is 0 Å². The Balaban J connectivity index is 6.71. The van der Waals surface area contributed by atoms with Crippen LogP contribution in [0.2, 0.25) is 0 Å². The average Bonchev–Trinajstić information content (AvgIpc) is 2.61. The Hall–Kier alpha value is -2.06. The van der Waals surface area contributed by atoms with Gasteiger partial charge >= 0.3 is 0 Å². The van der Waals surface area contributed by atoms with Crippen LogP contribution in [-0.2, 0) is 0 Å². The molecule has 0 aromatic rings. The third-order valence-electron chi connectivity index (χ3n) is 4.78. The van der Waals surface area contributed by atoms with Crippen LogP contribution in [0.5, 0.6) is 0 Å². The van der Waals surface area contributed by atoms with Gasteiger partial charge in [-0.15, -0.1) is 0 Å². The van der Waals surface area contributed by atoms with E-state index in [1.165, 1.54) is 0 Å². The molecule has 0 aliphatic heterocycles. The summed E-state index contributed by atoms with van der Waals surface area (Å²) in [4.78, 5) is 0. The van der Waals surface area contributed by atoms with Gasteiger partial charge in [0.1, 0.15) is 0 Å². The van der Waals surface area contributed by atoms with Crippen molar-refractivity contribution in [3.8, 4) is 0 Å². The maximum Gasteiger partial charge on any atom is 0.0929 e. The van der Waals surface area contributed by atoms with Crippen molar-refractivity contribution in [2.24, 2.45) is 11.8 Å². The fourth-order valence-electron chi connectivity index (χ4n) is 2.97. The van der Waals surface area contributed by atoms with E-state index in [0.717, 1.165) is 39.9 Å². The molecule has 144 valence electrons. The van der Waals surface area contributed by atoms with E-state index in [1.807, 2.05) is 65.8 Å². The first-order valence-electron chi connectivity index (χ1n) is 9.18. The van der Waals surface area contributed by atoms with Gasteiger partial charge in [-0.2, -0.15) is 0 Å². The summed E-state index contributed by atoms with van der Waals surface area (Å²) in [7, 11) is 0. The molecule has 0 radical (unpaired) electrons. The minimum atomic E-state index is -0.389. The zero-order valence-corrected chi connectivity index (χ0v) is 17.4. The monoisotopic (exact) mass is 356 g/mol. The predicted octanol–water partition coefficient (Wildman–Crippen LogP) is 6.61. The maximum absolute atomic E-state index is 10.3. The van der Waals surface area contributed by atoms with Gasteiger partial charge in [-0.05, 0) is 62.8 Å². The average molecular weight is 357 g/mol. The lowest BCUT2D eigenvalue weighted by molar-refractivity contribution is 0.174. The highest BCUT2D eigenvalue weighted by Crippen LogP contribution is 2.38. The third-order valence-corrected chi connectivity index (χ3v) is 4.78. The summed E-state index contributed by atoms with van der Waals surface area (Å²) >= 11 is 0. The number of aliphatic hydroxyl groups is 2. The summed E-state index contributed by atoms with van der Waals surface area (Å²) in [5, 5.41) is 20.2. The molecule has 2 heteroatoms. The van der Waals surface area contributed by atoms with Crippen molar-refractivity contribution < 1.29 is 10.2 Å². The quantitative estimate of drug-likeness (QED) is 0.341. The normalized spacial score (nSPS) is 16.3. The topological polar surface area (TPSA) is 40.5 Å². The summed E-state index contributed by atoms with van der Waals surface area (Å²) in [6.07, 6.45) is 8.79. The number of hydrogen-bond acceptors (Lipinski definition) is 2. The van der Waals surface area contributed by atoms with Crippen LogP contribution in [0.3, 0.4) is 0 Å². The summed E-state index contributed by atoms with van der Waals surface area (Å²) in [6, 6.07) is 0. The van der Waals surface area contributed by atoms with E-state index in [9.17, 15) is 10.2 Å². The van der Waals surface area contributed by atoms with E-state index < -0.39 is 0 Å². The molecule has 0 aliphatic rings. The van der Waals surface area contributed by atoms with E-state index in [-0.39, 0.29) is 24.2 Å². The van der Waals surface area contributed by atoms with Crippen molar-refractivity contribution in [2.45, 2.75) is 48.0 Å². The third kappa shape index (κ3) is 6.34. The summed E-state index contributed by atoms with van der Waals surface area (Å²) in [5.41, 5.74) is 5.72. The van der Waals surface area contributed by atoms with Crippen LogP contribution in [-0.4, -0.2) is 16.8 Å². The van der Waals surface area contributed by atoms with Gasteiger partial charge in [0.05, 0.1) is 5.76 Å². The van der Waals surface area contributed by atoms with E-state index in [4.69, 9.17) is 0 Å². The van der Waals surface area contributed by atoms with Gasteiger partial charge in [0.2, 0.25) is 0 Å². The summed E-state index contributed by atoms with van der Waals surface area (Å²) in [5.74, 6) is -0.472. The Kier molecular flexibility index (Phi) is 10.6. The molecule has 0 fully saturated rings. The van der Waals surface area contributed by atoms with Crippen LogP contribution in [0, 0.1) is 11.8 Å². The van der Waals surface area contributed by atoms with E-state index in [1.54, 1.807) is 0 Å². The molecule has 0 bridgehead atoms. The number of aliphatic hydroxyl groups excluding tert-OH is 2. The molecular formula is C24H36O2. The van der Waals surface area contributed by atoms with Crippen molar-refractivity contribution >= 4 is 0 Å². The van der Waals surface area contributed by atoms with Crippen LogP contribution in [0.4, 0.5) is 0 Å². The van der Waals surface area contributed by atoms with Crippen molar-refractivity contribution in [3.63, 3.8) is 0 Å². The summed E-state index contributed by atoms with van der Waals surface area (Å²) < 4.78 is 0. The highest BCUT2D eigenvalue weighted by Gasteiger charge is 2.29. The molecule has 0 saturated carbocycles. The SMILES string of the molecule is C=C(/C=C\C(C)=C/C)C(/C(C)=C\C)=C(/C(=C)C)C(C(=C)O)[C@@H](CC)CO. The molecular weight excluding hydrogens is 320 g/mol. The lowest BCUT2D eigenvalue weighted by Gasteiger charge is -2.30. The minimum Gasteiger partial charge on any atom is -0.512 e. The highest BCUT2D eigenvalue weighted by atomic mass is 16.3. The van der Waals surface area contributed by atoms with E-state index >= 15 is 0 Å². The molecule has 0 saturated heterocycles. The molecule has 2 nitrogen and oxygen atoms in total. The van der Waals surface area contributed by atoms with Crippen molar-refractivity contribution in [2.75, 3.05) is 6.61 Å². The predicted molar refractivity (Wildman–Crippen MR) is 115 cm³/mol. The second-order valence-corrected chi connectivity index (χ2v) is 6.75. The molecule has 2 atom stereocenters. The molecule has 26 heavy (non-hydrogen) atoms. The molecule has 0 aromatic carbocycles. The van der Waals surface area contributed by atoms with Gasteiger partial charge in [0.15, 0.2) is 0 Å². The van der Waals surface area contributed by atoms with Crippen LogP contribution in [0.1, 0.15) is 48.0 Å². The molecule has 0 heterocycles. The Labute approximate surface area is 160 Å². The van der Waals surface area contributed by atoms with Crippen molar-refractivity contribution in [3.05, 3.63) is 83.2 Å². The van der Waals surface area contributed by atoms with Crippen LogP contribution >= 0.6 is 0 Å². The number of hydrogen-bond donors (Lipinski definition) is 2. The largest absolute Gasteiger partial charge is 0.512 e. The molecule has 0 aliphatic carbocycles. The van der Waals surface area contributed by atoms with Gasteiger partial charge in [-0.1, -0.05) is 68.5 Å². The Bertz CT molecular complexity index is 650. The van der Waals surface area contributed by atoms with Crippen molar-refractivity contribution in [1.82, 2.24) is 0 Å². The van der Waals surface area contributed by atoms with Gasteiger partial charge in [0.25, 0.3) is 0 Å². The molecule has 0 spiro atoms. The van der Waals surface area contributed by atoms with Crippen LogP contribution in [0.25, 0.3) is 0 Å². The van der Waals surface area contributed by atoms with Gasteiger partial charge in [-0.3, -0.25) is 0 Å². The number of rotatable bonds is 10. The Morgan fingerprint density at radius 1 is 1.00 bits per heavy atom. The second-order valence-electron chi connectivity index (χ2n) is 6.75. The fourth-order valence-corrected chi connectivity index (χ4v) is 2.97. The first-order chi connectivity index (χ1) is 12.2. The zero-order chi connectivity index (χ0) is 20.4. The van der Waals surface area contributed by atoms with E-state index in [2.05, 4.69) is 19.7 Å². The minimum absolute atomic E-state index is 0.0281. The molecule has 0 amide bonds. The maximum atomic E-state index is 10.3. The fraction of sp³-hybridized carbons (Fsp3) is 0.417. The highest BCUT2D eigenvalue weighted by molar-refractivity contribution is 5.58. The smallest absolute Gasteiger partial charge is 0.0929 e. The lowest BCUT2D eigenvalue weighted by Crippen LogP contribution is -2.24. The molecule has 0 rings (SSSR count). The second kappa shape index (κ2) is 11.5. The molecule has 1 unspecified atom stereocenters. The first-order valence-corrected chi connectivity index (χ1v) is 9.18. The summed E-state index contributed by atoms with van der Waals surface area (Å²) in [6.45, 7) is 24.1. The van der Waals surface area contributed by atoms with Gasteiger partial charge < -0.3 is 10.2 Å². The first kappa shape index (κ1) is 23.9. The lowest BCUT2D eigenvalue weighted by atomic mass is 9.76. The Morgan fingerprint density at radius 3 is 1.92 bits per heavy atom.